The molecular formula is C19H20F3NO5S. The number of benzene rings is 2. The predicted molar refractivity (Wildman–Crippen MR) is 100.0 cm³/mol. The molecule has 0 aliphatic heterocycles. The first kappa shape index (κ1) is 22.7. The zero-order valence-corrected chi connectivity index (χ0v) is 16.6. The second kappa shape index (κ2) is 9.27. The molecule has 0 spiro atoms. The van der Waals surface area contributed by atoms with E-state index >= 15 is 0 Å². The molecule has 0 aliphatic carbocycles. The molecule has 0 fully saturated rings. The van der Waals surface area contributed by atoms with Crippen LogP contribution >= 0.6 is 0 Å². The van der Waals surface area contributed by atoms with E-state index in [0.29, 0.717) is 5.56 Å². The van der Waals surface area contributed by atoms with Crippen molar-refractivity contribution in [3.63, 3.8) is 0 Å². The third-order valence-electron chi connectivity index (χ3n) is 3.83. The summed E-state index contributed by atoms with van der Waals surface area (Å²) in [6.45, 7) is 0.449. The van der Waals surface area contributed by atoms with E-state index in [2.05, 4.69) is 0 Å². The van der Waals surface area contributed by atoms with E-state index < -0.39 is 27.8 Å². The van der Waals surface area contributed by atoms with Gasteiger partial charge in [-0.25, -0.2) is 0 Å². The van der Waals surface area contributed by atoms with E-state index in [4.69, 9.17) is 8.92 Å². The molecule has 0 saturated carbocycles. The summed E-state index contributed by atoms with van der Waals surface area (Å²) in [6, 6.07) is 10.2. The SMILES string of the molecule is COCCN(Cc1ccc(OS(C)(=O)=O)cc1)C(=O)c1cccc(C(F)(F)F)c1. The summed E-state index contributed by atoms with van der Waals surface area (Å²) in [4.78, 5) is 14.1. The van der Waals surface area contributed by atoms with Gasteiger partial charge in [0.05, 0.1) is 18.4 Å². The fourth-order valence-corrected chi connectivity index (χ4v) is 2.97. The second-order valence-corrected chi connectivity index (χ2v) is 7.80. The monoisotopic (exact) mass is 431 g/mol. The number of hydrogen-bond acceptors (Lipinski definition) is 5. The maximum atomic E-state index is 12.9. The minimum atomic E-state index is -4.55. The Bertz CT molecular complexity index is 943. The van der Waals surface area contributed by atoms with Crippen LogP contribution in [0.1, 0.15) is 21.5 Å². The number of halogens is 3. The zero-order valence-electron chi connectivity index (χ0n) is 15.8. The zero-order chi connectivity index (χ0) is 21.7. The van der Waals surface area contributed by atoms with Gasteiger partial charge in [-0.15, -0.1) is 0 Å². The molecule has 2 rings (SSSR count). The summed E-state index contributed by atoms with van der Waals surface area (Å²) in [6.07, 6.45) is -3.63. The first-order valence-electron chi connectivity index (χ1n) is 8.43. The van der Waals surface area contributed by atoms with Crippen molar-refractivity contribution in [2.75, 3.05) is 26.5 Å². The highest BCUT2D eigenvalue weighted by Gasteiger charge is 2.31. The van der Waals surface area contributed by atoms with Crippen molar-refractivity contribution in [1.29, 1.82) is 0 Å². The average molecular weight is 431 g/mol. The first-order valence-corrected chi connectivity index (χ1v) is 10.2. The lowest BCUT2D eigenvalue weighted by Gasteiger charge is -2.23. The van der Waals surface area contributed by atoms with Crippen molar-refractivity contribution in [1.82, 2.24) is 4.90 Å². The molecular weight excluding hydrogens is 411 g/mol. The van der Waals surface area contributed by atoms with Gasteiger partial charge in [0, 0.05) is 25.8 Å². The summed E-state index contributed by atoms with van der Waals surface area (Å²) >= 11 is 0. The van der Waals surface area contributed by atoms with E-state index in [1.54, 1.807) is 12.1 Å². The molecule has 1 amide bonds. The maximum Gasteiger partial charge on any atom is 0.416 e. The number of methoxy groups -OCH3 is 1. The molecule has 0 atom stereocenters. The van der Waals surface area contributed by atoms with Crippen LogP contribution in [0.5, 0.6) is 5.75 Å². The van der Waals surface area contributed by atoms with Crippen LogP contribution in [0, 0.1) is 0 Å². The van der Waals surface area contributed by atoms with E-state index in [1.165, 1.54) is 36.3 Å². The number of nitrogens with zero attached hydrogens (tertiary/aromatic N) is 1. The molecule has 10 heteroatoms. The van der Waals surface area contributed by atoms with E-state index in [0.717, 1.165) is 18.4 Å². The summed E-state index contributed by atoms with van der Waals surface area (Å²) < 4.78 is 70.9. The molecule has 0 radical (unpaired) electrons. The van der Waals surface area contributed by atoms with Gasteiger partial charge in [0.2, 0.25) is 0 Å². The van der Waals surface area contributed by atoms with Crippen LogP contribution in [0.25, 0.3) is 0 Å². The maximum absolute atomic E-state index is 12.9. The third kappa shape index (κ3) is 7.06. The molecule has 0 heterocycles. The Hall–Kier alpha value is -2.59. The molecule has 158 valence electrons. The van der Waals surface area contributed by atoms with Crippen LogP contribution in [0.2, 0.25) is 0 Å². The van der Waals surface area contributed by atoms with Gasteiger partial charge in [-0.05, 0) is 35.9 Å². The van der Waals surface area contributed by atoms with Crippen LogP contribution < -0.4 is 4.18 Å². The first-order chi connectivity index (χ1) is 13.5. The standard InChI is InChI=1S/C19H20F3NO5S/c1-27-11-10-23(13-14-6-8-17(9-7-14)28-29(2,25)26)18(24)15-4-3-5-16(12-15)19(20,21)22/h3-9,12H,10-11,13H2,1-2H3. The largest absolute Gasteiger partial charge is 0.416 e. The average Bonchev–Trinajstić information content (AvgIpc) is 2.64. The highest BCUT2D eigenvalue weighted by atomic mass is 32.2. The smallest absolute Gasteiger partial charge is 0.383 e. The number of hydrogen-bond donors (Lipinski definition) is 0. The lowest BCUT2D eigenvalue weighted by molar-refractivity contribution is -0.137. The minimum absolute atomic E-state index is 0.0899. The molecule has 2 aromatic rings. The summed E-state index contributed by atoms with van der Waals surface area (Å²) in [5, 5.41) is 0. The number of carbonyl (C=O) groups is 1. The quantitative estimate of drug-likeness (QED) is 0.600. The van der Waals surface area contributed by atoms with Gasteiger partial charge in [-0.3, -0.25) is 4.79 Å². The van der Waals surface area contributed by atoms with Gasteiger partial charge in [0.1, 0.15) is 5.75 Å². The molecule has 0 aromatic heterocycles. The molecule has 6 nitrogen and oxygen atoms in total. The van der Waals surface area contributed by atoms with Gasteiger partial charge in [-0.2, -0.15) is 21.6 Å². The normalized spacial score (nSPS) is 11.9. The van der Waals surface area contributed by atoms with Crippen LogP contribution in [0.15, 0.2) is 48.5 Å². The van der Waals surface area contributed by atoms with Gasteiger partial charge in [0.15, 0.2) is 0 Å². The van der Waals surface area contributed by atoms with Crippen LogP contribution in [-0.4, -0.2) is 45.7 Å². The van der Waals surface area contributed by atoms with Gasteiger partial charge < -0.3 is 13.8 Å². The Morgan fingerprint density at radius 3 is 2.31 bits per heavy atom. The highest BCUT2D eigenvalue weighted by molar-refractivity contribution is 7.86. The van der Waals surface area contributed by atoms with E-state index in [9.17, 15) is 26.4 Å². The fourth-order valence-electron chi connectivity index (χ4n) is 2.51. The van der Waals surface area contributed by atoms with E-state index in [1.807, 2.05) is 0 Å². The number of carbonyl (C=O) groups excluding carboxylic acids is 1. The predicted octanol–water partition coefficient (Wildman–Crippen LogP) is 3.33. The topological polar surface area (TPSA) is 72.9 Å². The summed E-state index contributed by atoms with van der Waals surface area (Å²) in [5.74, 6) is -0.464. The Kier molecular flexibility index (Phi) is 7.26. The lowest BCUT2D eigenvalue weighted by Crippen LogP contribution is -2.33. The van der Waals surface area contributed by atoms with Gasteiger partial charge in [0.25, 0.3) is 5.91 Å². The van der Waals surface area contributed by atoms with Crippen molar-refractivity contribution in [3.05, 3.63) is 65.2 Å². The molecule has 0 bridgehead atoms. The second-order valence-electron chi connectivity index (χ2n) is 6.23. The Labute approximate surface area is 167 Å². The summed E-state index contributed by atoms with van der Waals surface area (Å²) in [5.41, 5.74) is -0.354. The molecule has 2 aromatic carbocycles. The van der Waals surface area contributed by atoms with Crippen LogP contribution in [0.3, 0.4) is 0 Å². The molecule has 0 unspecified atom stereocenters. The minimum Gasteiger partial charge on any atom is -0.383 e. The Morgan fingerprint density at radius 1 is 1.10 bits per heavy atom. The third-order valence-corrected chi connectivity index (χ3v) is 4.33. The van der Waals surface area contributed by atoms with Crippen molar-refractivity contribution in [2.24, 2.45) is 0 Å². The Morgan fingerprint density at radius 2 is 1.76 bits per heavy atom. The van der Waals surface area contributed by atoms with Crippen molar-refractivity contribution in [2.45, 2.75) is 12.7 Å². The van der Waals surface area contributed by atoms with Crippen LogP contribution in [-0.2, 0) is 27.6 Å². The van der Waals surface area contributed by atoms with Crippen molar-refractivity contribution < 1.29 is 35.3 Å². The van der Waals surface area contributed by atoms with Gasteiger partial charge in [-0.1, -0.05) is 18.2 Å². The molecule has 0 N–H and O–H groups in total. The molecule has 0 saturated heterocycles. The summed E-state index contributed by atoms with van der Waals surface area (Å²) in [7, 11) is -2.22. The lowest BCUT2D eigenvalue weighted by atomic mass is 10.1. The Balaban J connectivity index is 2.22. The van der Waals surface area contributed by atoms with E-state index in [-0.39, 0.29) is 31.0 Å². The van der Waals surface area contributed by atoms with Crippen molar-refractivity contribution in [3.8, 4) is 5.75 Å². The number of ether oxygens (including phenoxy) is 1. The number of alkyl halides is 3. The number of amides is 1. The molecule has 0 aliphatic rings. The fraction of sp³-hybridized carbons (Fsp3) is 0.316. The molecule has 29 heavy (non-hydrogen) atoms. The highest BCUT2D eigenvalue weighted by Crippen LogP contribution is 2.30. The van der Waals surface area contributed by atoms with Gasteiger partial charge >= 0.3 is 16.3 Å². The number of rotatable bonds is 8. The van der Waals surface area contributed by atoms with Crippen LogP contribution in [0.4, 0.5) is 13.2 Å². The van der Waals surface area contributed by atoms with Crippen molar-refractivity contribution >= 4 is 16.0 Å².